The van der Waals surface area contributed by atoms with E-state index in [2.05, 4.69) is 4.98 Å². The summed E-state index contributed by atoms with van der Waals surface area (Å²) in [7, 11) is 0. The summed E-state index contributed by atoms with van der Waals surface area (Å²) in [5.74, 6) is 2.80. The lowest BCUT2D eigenvalue weighted by molar-refractivity contribution is 0.297. The second-order valence-corrected chi connectivity index (χ2v) is 4.44. The van der Waals surface area contributed by atoms with Crippen molar-refractivity contribution in [2.45, 2.75) is 19.9 Å². The van der Waals surface area contributed by atoms with Crippen LogP contribution in [0.5, 0.6) is 11.5 Å². The van der Waals surface area contributed by atoms with E-state index in [0.29, 0.717) is 25.6 Å². The van der Waals surface area contributed by atoms with Crippen LogP contribution in [0.25, 0.3) is 11.3 Å². The van der Waals surface area contributed by atoms with Crippen LogP contribution in [0.3, 0.4) is 0 Å². The van der Waals surface area contributed by atoms with Gasteiger partial charge in [-0.1, -0.05) is 0 Å². The minimum Gasteiger partial charge on any atom is -0.490 e. The van der Waals surface area contributed by atoms with Gasteiger partial charge in [0.15, 0.2) is 17.3 Å². The highest BCUT2D eigenvalue weighted by Crippen LogP contribution is 2.35. The number of ether oxygens (including phenoxy) is 2. The van der Waals surface area contributed by atoms with E-state index in [1.54, 1.807) is 0 Å². The molecule has 0 bridgehead atoms. The van der Waals surface area contributed by atoms with E-state index in [1.807, 2.05) is 25.1 Å². The Kier molecular flexibility index (Phi) is 3.13. The van der Waals surface area contributed by atoms with E-state index in [9.17, 15) is 0 Å². The van der Waals surface area contributed by atoms with Crippen molar-refractivity contribution in [2.75, 3.05) is 13.2 Å². The maximum Gasteiger partial charge on any atom is 0.208 e. The fraction of sp³-hybridized carbons (Fsp3) is 0.357. The number of hydrogen-bond acceptors (Lipinski definition) is 5. The molecule has 1 aliphatic rings. The third kappa shape index (κ3) is 2.29. The van der Waals surface area contributed by atoms with Gasteiger partial charge in [0.05, 0.1) is 25.5 Å². The van der Waals surface area contributed by atoms with Crippen LogP contribution >= 0.6 is 0 Å². The number of hydrogen-bond donors (Lipinski definition) is 1. The highest BCUT2D eigenvalue weighted by atomic mass is 16.5. The monoisotopic (exact) mass is 260 g/mol. The highest BCUT2D eigenvalue weighted by Gasteiger charge is 2.15. The zero-order chi connectivity index (χ0) is 13.2. The standard InChI is InChI=1S/C14H16N2O3/c1-9-14(19-13(8-15)16-9)10-3-4-11-12(7-10)18-6-2-5-17-11/h3-4,7H,2,5-6,8,15H2,1H3. The molecule has 0 amide bonds. The molecule has 0 atom stereocenters. The maximum atomic E-state index is 5.67. The second-order valence-electron chi connectivity index (χ2n) is 4.44. The van der Waals surface area contributed by atoms with Crippen LogP contribution < -0.4 is 15.2 Å². The van der Waals surface area contributed by atoms with Gasteiger partial charge >= 0.3 is 0 Å². The number of aromatic nitrogens is 1. The van der Waals surface area contributed by atoms with Crippen LogP contribution in [-0.4, -0.2) is 18.2 Å². The number of nitrogens with two attached hydrogens (primary N) is 1. The molecule has 0 saturated heterocycles. The predicted octanol–water partition coefficient (Wildman–Crippen LogP) is 2.27. The number of rotatable bonds is 2. The van der Waals surface area contributed by atoms with Crippen LogP contribution in [0.4, 0.5) is 0 Å². The molecule has 0 radical (unpaired) electrons. The van der Waals surface area contributed by atoms with Crippen molar-refractivity contribution in [1.29, 1.82) is 0 Å². The molecule has 1 aromatic heterocycles. The van der Waals surface area contributed by atoms with Crippen LogP contribution in [0.2, 0.25) is 0 Å². The molecule has 0 aliphatic carbocycles. The van der Waals surface area contributed by atoms with Crippen LogP contribution in [0.1, 0.15) is 18.0 Å². The van der Waals surface area contributed by atoms with Crippen LogP contribution in [0.15, 0.2) is 22.6 Å². The molecule has 0 spiro atoms. The minimum atomic E-state index is 0.297. The van der Waals surface area contributed by atoms with Crippen molar-refractivity contribution in [1.82, 2.24) is 4.98 Å². The smallest absolute Gasteiger partial charge is 0.208 e. The van der Waals surface area contributed by atoms with Crippen LogP contribution in [0, 0.1) is 6.92 Å². The lowest BCUT2D eigenvalue weighted by Gasteiger charge is -2.08. The van der Waals surface area contributed by atoms with E-state index < -0.39 is 0 Å². The molecule has 1 aliphatic heterocycles. The Morgan fingerprint density at radius 3 is 2.74 bits per heavy atom. The summed E-state index contributed by atoms with van der Waals surface area (Å²) in [6.07, 6.45) is 0.892. The van der Waals surface area contributed by atoms with Gasteiger partial charge < -0.3 is 19.6 Å². The first-order valence-corrected chi connectivity index (χ1v) is 6.34. The highest BCUT2D eigenvalue weighted by molar-refractivity contribution is 5.64. The Morgan fingerprint density at radius 2 is 2.00 bits per heavy atom. The Hall–Kier alpha value is -2.01. The fourth-order valence-electron chi connectivity index (χ4n) is 2.11. The lowest BCUT2D eigenvalue weighted by Crippen LogP contribution is -1.97. The van der Waals surface area contributed by atoms with Crippen molar-refractivity contribution in [3.63, 3.8) is 0 Å². The fourth-order valence-corrected chi connectivity index (χ4v) is 2.11. The maximum absolute atomic E-state index is 5.67. The number of nitrogens with zero attached hydrogens (tertiary/aromatic N) is 1. The van der Waals surface area contributed by atoms with E-state index >= 15 is 0 Å². The summed E-state index contributed by atoms with van der Waals surface area (Å²) in [5, 5.41) is 0. The van der Waals surface area contributed by atoms with Gasteiger partial charge in [-0.3, -0.25) is 0 Å². The summed E-state index contributed by atoms with van der Waals surface area (Å²) < 4.78 is 16.9. The second kappa shape index (κ2) is 4.93. The van der Waals surface area contributed by atoms with Crippen molar-refractivity contribution < 1.29 is 13.9 Å². The molecule has 0 saturated carbocycles. The van der Waals surface area contributed by atoms with Crippen molar-refractivity contribution in [2.24, 2.45) is 5.73 Å². The number of oxazole rings is 1. The topological polar surface area (TPSA) is 70.5 Å². The average Bonchev–Trinajstić information content (AvgIpc) is 2.66. The van der Waals surface area contributed by atoms with Gasteiger partial charge in [0.2, 0.25) is 5.89 Å². The van der Waals surface area contributed by atoms with E-state index in [0.717, 1.165) is 34.9 Å². The summed E-state index contributed by atoms with van der Waals surface area (Å²) in [5.41, 5.74) is 7.29. The van der Waals surface area contributed by atoms with Gasteiger partial charge in [0, 0.05) is 12.0 Å². The number of aryl methyl sites for hydroxylation is 1. The van der Waals surface area contributed by atoms with Gasteiger partial charge in [-0.2, -0.15) is 0 Å². The molecule has 1 aromatic carbocycles. The van der Waals surface area contributed by atoms with Gasteiger partial charge in [0.1, 0.15) is 0 Å². The number of fused-ring (bicyclic) bond motifs is 1. The molecule has 0 fully saturated rings. The normalized spacial score (nSPS) is 14.2. The minimum absolute atomic E-state index is 0.297. The van der Waals surface area contributed by atoms with Crippen molar-refractivity contribution >= 4 is 0 Å². The van der Waals surface area contributed by atoms with Gasteiger partial charge in [-0.05, 0) is 25.1 Å². The quantitative estimate of drug-likeness (QED) is 0.896. The molecular weight excluding hydrogens is 244 g/mol. The Morgan fingerprint density at radius 1 is 1.21 bits per heavy atom. The molecule has 0 unspecified atom stereocenters. The molecule has 2 N–H and O–H groups in total. The van der Waals surface area contributed by atoms with Gasteiger partial charge in [0.25, 0.3) is 0 Å². The number of benzene rings is 1. The third-order valence-electron chi connectivity index (χ3n) is 3.03. The van der Waals surface area contributed by atoms with E-state index in [4.69, 9.17) is 19.6 Å². The van der Waals surface area contributed by atoms with Gasteiger partial charge in [-0.15, -0.1) is 0 Å². The summed E-state index contributed by atoms with van der Waals surface area (Å²) in [6.45, 7) is 3.55. The SMILES string of the molecule is Cc1nc(CN)oc1-c1ccc2c(c1)OCCCO2. The third-order valence-corrected chi connectivity index (χ3v) is 3.03. The molecular formula is C14H16N2O3. The average molecular weight is 260 g/mol. The largest absolute Gasteiger partial charge is 0.490 e. The van der Waals surface area contributed by atoms with Crippen LogP contribution in [-0.2, 0) is 6.54 Å². The molecule has 2 heterocycles. The molecule has 100 valence electrons. The molecule has 2 aromatic rings. The summed E-state index contributed by atoms with van der Waals surface area (Å²) >= 11 is 0. The molecule has 19 heavy (non-hydrogen) atoms. The molecule has 5 nitrogen and oxygen atoms in total. The summed E-state index contributed by atoms with van der Waals surface area (Å²) in [6, 6.07) is 5.77. The lowest BCUT2D eigenvalue weighted by atomic mass is 10.1. The van der Waals surface area contributed by atoms with Crippen molar-refractivity contribution in [3.05, 3.63) is 29.8 Å². The summed E-state index contributed by atoms with van der Waals surface area (Å²) in [4.78, 5) is 4.27. The Bertz CT molecular complexity index is 592. The zero-order valence-electron chi connectivity index (χ0n) is 10.8. The first-order valence-electron chi connectivity index (χ1n) is 6.34. The molecule has 3 rings (SSSR count). The zero-order valence-corrected chi connectivity index (χ0v) is 10.8. The van der Waals surface area contributed by atoms with E-state index in [-0.39, 0.29) is 0 Å². The Balaban J connectivity index is 2.01. The first kappa shape index (κ1) is 12.0. The van der Waals surface area contributed by atoms with Crippen molar-refractivity contribution in [3.8, 4) is 22.8 Å². The Labute approximate surface area is 111 Å². The van der Waals surface area contributed by atoms with E-state index in [1.165, 1.54) is 0 Å². The first-order chi connectivity index (χ1) is 9.28. The molecule has 5 heteroatoms. The predicted molar refractivity (Wildman–Crippen MR) is 70.2 cm³/mol. The van der Waals surface area contributed by atoms with Gasteiger partial charge in [-0.25, -0.2) is 4.98 Å².